The Balaban J connectivity index is 4.10. The molecule has 1 N–H and O–H groups in total. The number of allylic oxidation sites excluding steroid dienone is 8. The molecular weight excluding hydrogens is 858 g/mol. The van der Waals surface area contributed by atoms with Crippen LogP contribution in [0.2, 0.25) is 0 Å². The lowest BCUT2D eigenvalue weighted by Gasteiger charge is -2.24. The van der Waals surface area contributed by atoms with Crippen LogP contribution in [0.15, 0.2) is 48.6 Å². The summed E-state index contributed by atoms with van der Waals surface area (Å²) in [5, 5.41) is 0. The first-order valence-electron chi connectivity index (χ1n) is 27.9. The molecule has 0 fully saturated rings. The zero-order chi connectivity index (χ0) is 49.2. The van der Waals surface area contributed by atoms with E-state index >= 15 is 0 Å². The fraction of sp³-hybridized carbons (Fsp3) is 0.825. The largest absolute Gasteiger partial charge is 0.472 e. The zero-order valence-corrected chi connectivity index (χ0v) is 45.3. The van der Waals surface area contributed by atoms with Crippen molar-refractivity contribution >= 4 is 19.8 Å². The van der Waals surface area contributed by atoms with Gasteiger partial charge in [0.15, 0.2) is 6.10 Å². The SMILES string of the molecule is CC/C=C\C/C=C\C/C=C\C/C=C\CCCCC(=O)OC(COC(=O)CCCCCCCCCCCCCCCCCCCCCCCCCCCCCC)COP(=O)(O)OCC[N+](C)(C)C. The van der Waals surface area contributed by atoms with Crippen LogP contribution in [0.1, 0.15) is 251 Å². The van der Waals surface area contributed by atoms with Crippen LogP contribution in [0.3, 0.4) is 0 Å². The summed E-state index contributed by atoms with van der Waals surface area (Å²) in [6.45, 7) is 4.29. The number of carbonyl (C=O) groups is 2. The van der Waals surface area contributed by atoms with Crippen LogP contribution in [0, 0.1) is 0 Å². The Morgan fingerprint density at radius 1 is 0.478 bits per heavy atom. The molecule has 0 aliphatic heterocycles. The van der Waals surface area contributed by atoms with Crippen LogP contribution in [-0.2, 0) is 32.7 Å². The molecule has 0 aromatic carbocycles. The second-order valence-electron chi connectivity index (χ2n) is 19.9. The highest BCUT2D eigenvalue weighted by Crippen LogP contribution is 2.43. The number of esters is 2. The van der Waals surface area contributed by atoms with Gasteiger partial charge in [0.25, 0.3) is 0 Å². The Bertz CT molecular complexity index is 1270. The second kappa shape index (κ2) is 49.0. The molecule has 2 atom stereocenters. The lowest BCUT2D eigenvalue weighted by atomic mass is 10.0. The summed E-state index contributed by atoms with van der Waals surface area (Å²) >= 11 is 0. The van der Waals surface area contributed by atoms with Gasteiger partial charge in [-0.2, -0.15) is 0 Å². The molecule has 392 valence electrons. The van der Waals surface area contributed by atoms with Crippen LogP contribution in [0.25, 0.3) is 0 Å². The smallest absolute Gasteiger partial charge is 0.462 e. The number of nitrogens with zero attached hydrogens (tertiary/aromatic N) is 1. The summed E-state index contributed by atoms with van der Waals surface area (Å²) in [6, 6.07) is 0. The third kappa shape index (κ3) is 53.2. The minimum absolute atomic E-state index is 0.0235. The molecule has 0 saturated carbocycles. The van der Waals surface area contributed by atoms with Crippen molar-refractivity contribution in [2.24, 2.45) is 0 Å². The zero-order valence-electron chi connectivity index (χ0n) is 44.4. The van der Waals surface area contributed by atoms with Gasteiger partial charge in [0.1, 0.15) is 19.8 Å². The highest BCUT2D eigenvalue weighted by Gasteiger charge is 2.27. The van der Waals surface area contributed by atoms with E-state index in [4.69, 9.17) is 18.5 Å². The third-order valence-corrected chi connectivity index (χ3v) is 13.1. The van der Waals surface area contributed by atoms with Crippen molar-refractivity contribution < 1.29 is 42.1 Å². The molecule has 0 radical (unpaired) electrons. The summed E-state index contributed by atoms with van der Waals surface area (Å²) in [5.74, 6) is -0.838. The molecule has 0 aromatic heterocycles. The number of unbranched alkanes of at least 4 members (excludes halogenated alkanes) is 29. The van der Waals surface area contributed by atoms with Crippen molar-refractivity contribution in [2.75, 3.05) is 47.5 Å². The fourth-order valence-corrected chi connectivity index (χ4v) is 8.57. The van der Waals surface area contributed by atoms with E-state index in [2.05, 4.69) is 62.5 Å². The molecule has 0 spiro atoms. The van der Waals surface area contributed by atoms with E-state index in [1.165, 1.54) is 161 Å². The molecule has 2 unspecified atom stereocenters. The Morgan fingerprint density at radius 3 is 1.27 bits per heavy atom. The predicted molar refractivity (Wildman–Crippen MR) is 284 cm³/mol. The van der Waals surface area contributed by atoms with Crippen molar-refractivity contribution in [3.8, 4) is 0 Å². The maximum Gasteiger partial charge on any atom is 0.472 e. The first kappa shape index (κ1) is 65.0. The highest BCUT2D eigenvalue weighted by atomic mass is 31.2. The Kier molecular flexibility index (Phi) is 47.5. The van der Waals surface area contributed by atoms with Crippen molar-refractivity contribution in [2.45, 2.75) is 258 Å². The van der Waals surface area contributed by atoms with Crippen molar-refractivity contribution in [1.82, 2.24) is 0 Å². The maximum absolute atomic E-state index is 12.7. The van der Waals surface area contributed by atoms with Gasteiger partial charge in [-0.3, -0.25) is 18.6 Å². The van der Waals surface area contributed by atoms with Crippen LogP contribution < -0.4 is 0 Å². The number of phosphoric ester groups is 1. The molecule has 0 rings (SSSR count). The topological polar surface area (TPSA) is 108 Å². The predicted octanol–water partition coefficient (Wildman–Crippen LogP) is 17.0. The highest BCUT2D eigenvalue weighted by molar-refractivity contribution is 7.47. The van der Waals surface area contributed by atoms with Gasteiger partial charge in [0.2, 0.25) is 0 Å². The molecule has 0 aliphatic rings. The molecule has 0 bridgehead atoms. The number of likely N-dealkylation sites (N-methyl/N-ethyl adjacent to an activating group) is 1. The van der Waals surface area contributed by atoms with Gasteiger partial charge in [-0.15, -0.1) is 0 Å². The third-order valence-electron chi connectivity index (χ3n) is 12.1. The van der Waals surface area contributed by atoms with Crippen molar-refractivity contribution in [1.29, 1.82) is 0 Å². The molecule has 9 nitrogen and oxygen atoms in total. The number of hydrogen-bond acceptors (Lipinski definition) is 7. The monoisotopic (exact) mass is 965 g/mol. The van der Waals surface area contributed by atoms with Crippen LogP contribution in [0.4, 0.5) is 0 Å². The molecule has 67 heavy (non-hydrogen) atoms. The Hall–Kier alpha value is -2.03. The number of phosphoric acid groups is 1. The van der Waals surface area contributed by atoms with Gasteiger partial charge in [-0.05, 0) is 51.4 Å². The lowest BCUT2D eigenvalue weighted by Crippen LogP contribution is -2.37. The standard InChI is InChI=1S/C57H106NO8P/c1-6-8-10-12-14-16-18-20-22-23-24-25-26-27-28-29-30-31-32-33-34-36-37-39-41-43-45-47-49-56(59)63-53-55(54-65-67(61,62)64-52-51-58(3,4)5)66-57(60)50-48-46-44-42-40-38-35-21-19-17-15-13-11-9-7-2/h9,11,15,17,21,35,40,42,55H,6-8,10,12-14,16,18-20,22-34,36-39,41,43-54H2,1-5H3/p+1/b11-9-,17-15-,35-21-,42-40-. The molecule has 10 heteroatoms. The number of rotatable bonds is 51. The quantitative estimate of drug-likeness (QED) is 0.0211. The summed E-state index contributed by atoms with van der Waals surface area (Å²) < 4.78 is 34.4. The van der Waals surface area contributed by atoms with Crippen molar-refractivity contribution in [3.63, 3.8) is 0 Å². The molecule has 0 saturated heterocycles. The van der Waals surface area contributed by atoms with Gasteiger partial charge >= 0.3 is 19.8 Å². The van der Waals surface area contributed by atoms with Gasteiger partial charge in [0.05, 0.1) is 27.7 Å². The molecular formula is C57H107NO8P+. The van der Waals surface area contributed by atoms with E-state index in [-0.39, 0.29) is 32.0 Å². The average molecular weight is 965 g/mol. The van der Waals surface area contributed by atoms with E-state index in [9.17, 15) is 19.0 Å². The first-order chi connectivity index (χ1) is 32.5. The average Bonchev–Trinajstić information content (AvgIpc) is 3.29. The first-order valence-corrected chi connectivity index (χ1v) is 29.4. The van der Waals surface area contributed by atoms with Crippen LogP contribution in [0.5, 0.6) is 0 Å². The summed E-state index contributed by atoms with van der Waals surface area (Å²) in [7, 11) is 1.45. The van der Waals surface area contributed by atoms with Crippen LogP contribution >= 0.6 is 7.82 Å². The Labute approximate surface area is 414 Å². The summed E-state index contributed by atoms with van der Waals surface area (Å²) in [6.07, 6.45) is 60.6. The molecule has 0 amide bonds. The van der Waals surface area contributed by atoms with Gasteiger partial charge in [0, 0.05) is 12.8 Å². The fourth-order valence-electron chi connectivity index (χ4n) is 7.83. The normalized spacial score (nSPS) is 13.7. The molecule has 0 heterocycles. The lowest BCUT2D eigenvalue weighted by molar-refractivity contribution is -0.870. The van der Waals surface area contributed by atoms with E-state index < -0.39 is 26.5 Å². The second-order valence-corrected chi connectivity index (χ2v) is 21.4. The summed E-state index contributed by atoms with van der Waals surface area (Å²) in [4.78, 5) is 35.5. The van der Waals surface area contributed by atoms with E-state index in [1.54, 1.807) is 0 Å². The van der Waals surface area contributed by atoms with E-state index in [0.29, 0.717) is 17.4 Å². The number of quaternary nitrogens is 1. The maximum atomic E-state index is 12.7. The molecule has 0 aromatic rings. The summed E-state index contributed by atoms with van der Waals surface area (Å²) in [5.41, 5.74) is 0. The number of hydrogen-bond donors (Lipinski definition) is 1. The van der Waals surface area contributed by atoms with Gasteiger partial charge < -0.3 is 18.9 Å². The van der Waals surface area contributed by atoms with E-state index in [1.807, 2.05) is 21.1 Å². The van der Waals surface area contributed by atoms with Gasteiger partial charge in [-0.25, -0.2) is 4.57 Å². The molecule has 0 aliphatic carbocycles. The Morgan fingerprint density at radius 2 is 0.851 bits per heavy atom. The van der Waals surface area contributed by atoms with Gasteiger partial charge in [-0.1, -0.05) is 236 Å². The minimum Gasteiger partial charge on any atom is -0.462 e. The van der Waals surface area contributed by atoms with E-state index in [0.717, 1.165) is 57.8 Å². The number of carbonyl (C=O) groups excluding carboxylic acids is 2. The number of ether oxygens (including phenoxy) is 2. The van der Waals surface area contributed by atoms with Crippen molar-refractivity contribution in [3.05, 3.63) is 48.6 Å². The van der Waals surface area contributed by atoms with Crippen LogP contribution in [-0.4, -0.2) is 74.9 Å². The minimum atomic E-state index is -4.39.